The first kappa shape index (κ1) is 21.1. The maximum absolute atomic E-state index is 12.5. The average molecular weight is 461 g/mol. The number of nitrogens with zero attached hydrogens (tertiary/aromatic N) is 2. The second-order valence-electron chi connectivity index (χ2n) is 7.95. The first-order valence-electron chi connectivity index (χ1n) is 10.6. The summed E-state index contributed by atoms with van der Waals surface area (Å²) in [4.78, 5) is 54.1. The van der Waals surface area contributed by atoms with Gasteiger partial charge in [0.05, 0.1) is 23.2 Å². The van der Waals surface area contributed by atoms with Crippen molar-refractivity contribution in [2.75, 3.05) is 13.2 Å². The molecule has 2 aliphatic heterocycles. The first-order chi connectivity index (χ1) is 16.0. The van der Waals surface area contributed by atoms with E-state index in [-0.39, 0.29) is 30.9 Å². The zero-order valence-electron chi connectivity index (χ0n) is 17.7. The number of hydrogen-bond acceptors (Lipinski definition) is 6. The first-order valence-corrected chi connectivity index (χ1v) is 11.4. The standard InChI is InChI=1S/C25H20N2O5S/c28-22(26-11-9-21-18(14-26)10-12-33-21)15-32-25(31)17-7-5-16(6-8-17)13-27-23(29)19-3-1-2-4-20(19)24(27)30/h1-8,10,12H,9,11,13-15H2. The Morgan fingerprint density at radius 3 is 2.33 bits per heavy atom. The fraction of sp³-hybridized carbons (Fsp3) is 0.200. The van der Waals surface area contributed by atoms with E-state index in [2.05, 4.69) is 0 Å². The van der Waals surface area contributed by atoms with Crippen molar-refractivity contribution in [2.45, 2.75) is 19.5 Å². The predicted molar refractivity (Wildman–Crippen MR) is 121 cm³/mol. The van der Waals surface area contributed by atoms with E-state index >= 15 is 0 Å². The molecule has 0 radical (unpaired) electrons. The van der Waals surface area contributed by atoms with Crippen LogP contribution in [-0.2, 0) is 29.0 Å². The van der Waals surface area contributed by atoms with Crippen molar-refractivity contribution < 1.29 is 23.9 Å². The number of imide groups is 1. The summed E-state index contributed by atoms with van der Waals surface area (Å²) in [6.07, 6.45) is 0.821. The lowest BCUT2D eigenvalue weighted by molar-refractivity contribution is -0.135. The van der Waals surface area contributed by atoms with Crippen LogP contribution >= 0.6 is 11.3 Å². The van der Waals surface area contributed by atoms with Gasteiger partial charge in [0, 0.05) is 18.0 Å². The third kappa shape index (κ3) is 4.05. The molecule has 0 fully saturated rings. The Labute approximate surface area is 194 Å². The highest BCUT2D eigenvalue weighted by Crippen LogP contribution is 2.25. The zero-order chi connectivity index (χ0) is 22.9. The van der Waals surface area contributed by atoms with Crippen LogP contribution in [0.5, 0.6) is 0 Å². The molecular formula is C25H20N2O5S. The lowest BCUT2D eigenvalue weighted by atomic mass is 10.1. The predicted octanol–water partition coefficient (Wildman–Crippen LogP) is 3.29. The molecule has 0 saturated carbocycles. The number of carbonyl (C=O) groups is 4. The van der Waals surface area contributed by atoms with E-state index in [0.717, 1.165) is 12.0 Å². The fourth-order valence-electron chi connectivity index (χ4n) is 4.07. The third-order valence-corrected chi connectivity index (χ3v) is 6.92. The summed E-state index contributed by atoms with van der Waals surface area (Å²) >= 11 is 1.70. The molecule has 0 N–H and O–H groups in total. The number of ether oxygens (including phenoxy) is 1. The van der Waals surface area contributed by atoms with Crippen LogP contribution in [0.2, 0.25) is 0 Å². The Kier molecular flexibility index (Phi) is 5.51. The molecule has 0 spiro atoms. The molecule has 2 aromatic carbocycles. The summed E-state index contributed by atoms with van der Waals surface area (Å²) in [7, 11) is 0. The second-order valence-corrected chi connectivity index (χ2v) is 8.95. The average Bonchev–Trinajstić information content (AvgIpc) is 3.41. The van der Waals surface area contributed by atoms with Gasteiger partial charge >= 0.3 is 5.97 Å². The van der Waals surface area contributed by atoms with E-state index in [1.54, 1.807) is 64.8 Å². The molecule has 3 heterocycles. The van der Waals surface area contributed by atoms with Crippen molar-refractivity contribution >= 4 is 35.0 Å². The van der Waals surface area contributed by atoms with Gasteiger partial charge in [0.1, 0.15) is 0 Å². The molecule has 8 heteroatoms. The number of hydrogen-bond donors (Lipinski definition) is 0. The van der Waals surface area contributed by atoms with Crippen molar-refractivity contribution in [1.82, 2.24) is 9.80 Å². The maximum Gasteiger partial charge on any atom is 0.338 e. The molecule has 33 heavy (non-hydrogen) atoms. The van der Waals surface area contributed by atoms with Crippen LogP contribution in [0.15, 0.2) is 60.0 Å². The molecule has 0 aliphatic carbocycles. The molecule has 0 saturated heterocycles. The highest BCUT2D eigenvalue weighted by molar-refractivity contribution is 7.10. The van der Waals surface area contributed by atoms with Gasteiger partial charge in [-0.15, -0.1) is 11.3 Å². The molecule has 0 atom stereocenters. The zero-order valence-corrected chi connectivity index (χ0v) is 18.5. The number of thiophene rings is 1. The van der Waals surface area contributed by atoms with E-state index in [4.69, 9.17) is 4.74 Å². The minimum absolute atomic E-state index is 0.111. The summed E-state index contributed by atoms with van der Waals surface area (Å²) in [5.41, 5.74) is 2.96. The Balaban J connectivity index is 1.16. The van der Waals surface area contributed by atoms with Crippen LogP contribution in [0.1, 0.15) is 47.1 Å². The van der Waals surface area contributed by atoms with E-state index < -0.39 is 5.97 Å². The lowest BCUT2D eigenvalue weighted by Crippen LogP contribution is -2.38. The summed E-state index contributed by atoms with van der Waals surface area (Å²) in [6, 6.07) is 15.2. The van der Waals surface area contributed by atoms with Crippen LogP contribution in [0.4, 0.5) is 0 Å². The summed E-state index contributed by atoms with van der Waals surface area (Å²) in [5.74, 6) is -1.47. The van der Waals surface area contributed by atoms with Gasteiger partial charge in [-0.2, -0.15) is 0 Å². The van der Waals surface area contributed by atoms with Crippen molar-refractivity contribution in [3.63, 3.8) is 0 Å². The molecule has 0 unspecified atom stereocenters. The monoisotopic (exact) mass is 460 g/mol. The van der Waals surface area contributed by atoms with Gasteiger partial charge in [0.25, 0.3) is 17.7 Å². The minimum Gasteiger partial charge on any atom is -0.452 e. The molecule has 2 aliphatic rings. The Bertz CT molecular complexity index is 1230. The van der Waals surface area contributed by atoms with Crippen LogP contribution in [0, 0.1) is 0 Å². The van der Waals surface area contributed by atoms with Gasteiger partial charge in [-0.1, -0.05) is 24.3 Å². The molecule has 5 rings (SSSR count). The molecule has 166 valence electrons. The van der Waals surface area contributed by atoms with Crippen molar-refractivity contribution in [2.24, 2.45) is 0 Å². The van der Waals surface area contributed by atoms with E-state index in [0.29, 0.717) is 35.3 Å². The SMILES string of the molecule is O=C(OCC(=O)N1CCc2sccc2C1)c1ccc(CN2C(=O)c3ccccc3C2=O)cc1. The molecule has 3 amide bonds. The summed E-state index contributed by atoms with van der Waals surface area (Å²) in [6.45, 7) is 0.965. The lowest BCUT2D eigenvalue weighted by Gasteiger charge is -2.26. The molecular weight excluding hydrogens is 440 g/mol. The van der Waals surface area contributed by atoms with E-state index in [1.165, 1.54) is 9.78 Å². The van der Waals surface area contributed by atoms with Crippen LogP contribution in [-0.4, -0.2) is 46.6 Å². The topological polar surface area (TPSA) is 84.0 Å². The van der Waals surface area contributed by atoms with Crippen molar-refractivity contribution in [1.29, 1.82) is 0 Å². The van der Waals surface area contributed by atoms with E-state index in [1.807, 2.05) is 11.4 Å². The van der Waals surface area contributed by atoms with Crippen molar-refractivity contribution in [3.05, 3.63) is 92.7 Å². The van der Waals surface area contributed by atoms with Crippen LogP contribution < -0.4 is 0 Å². The van der Waals surface area contributed by atoms with Crippen LogP contribution in [0.25, 0.3) is 0 Å². The number of fused-ring (bicyclic) bond motifs is 2. The largest absolute Gasteiger partial charge is 0.452 e. The van der Waals surface area contributed by atoms with Gasteiger partial charge in [0.15, 0.2) is 6.61 Å². The number of amides is 3. The minimum atomic E-state index is -0.594. The summed E-state index contributed by atoms with van der Waals surface area (Å²) < 4.78 is 5.22. The number of benzene rings is 2. The highest BCUT2D eigenvalue weighted by Gasteiger charge is 2.35. The molecule has 0 bridgehead atoms. The van der Waals surface area contributed by atoms with Gasteiger partial charge < -0.3 is 9.64 Å². The molecule has 7 nitrogen and oxygen atoms in total. The fourth-order valence-corrected chi connectivity index (χ4v) is 4.96. The number of rotatable bonds is 5. The maximum atomic E-state index is 12.5. The van der Waals surface area contributed by atoms with Crippen molar-refractivity contribution in [3.8, 4) is 0 Å². The summed E-state index contributed by atoms with van der Waals surface area (Å²) in [5, 5.41) is 2.02. The van der Waals surface area contributed by atoms with E-state index in [9.17, 15) is 19.2 Å². The molecule has 3 aromatic rings. The molecule has 1 aromatic heterocycles. The van der Waals surface area contributed by atoms with Gasteiger partial charge in [-0.3, -0.25) is 19.3 Å². The van der Waals surface area contributed by atoms with Gasteiger partial charge in [0.2, 0.25) is 0 Å². The third-order valence-electron chi connectivity index (χ3n) is 5.90. The smallest absolute Gasteiger partial charge is 0.338 e. The Morgan fingerprint density at radius 2 is 1.64 bits per heavy atom. The normalized spacial score (nSPS) is 14.8. The number of carbonyl (C=O) groups excluding carboxylic acids is 4. The number of esters is 1. The highest BCUT2D eigenvalue weighted by atomic mass is 32.1. The second kappa shape index (κ2) is 8.63. The van der Waals surface area contributed by atoms with Gasteiger partial charge in [-0.25, -0.2) is 4.79 Å². The van der Waals surface area contributed by atoms with Gasteiger partial charge in [-0.05, 0) is 53.3 Å². The Hall–Kier alpha value is -3.78. The van der Waals surface area contributed by atoms with Crippen LogP contribution in [0.3, 0.4) is 0 Å². The Morgan fingerprint density at radius 1 is 0.939 bits per heavy atom. The quantitative estimate of drug-likeness (QED) is 0.431.